The van der Waals surface area contributed by atoms with Crippen LogP contribution in [0.1, 0.15) is 74.8 Å². The molecule has 2 saturated carbocycles. The molecular formula is C23H28F3N3O. The van der Waals surface area contributed by atoms with E-state index in [0.29, 0.717) is 11.6 Å². The van der Waals surface area contributed by atoms with Crippen molar-refractivity contribution in [3.8, 4) is 6.01 Å². The standard InChI is InChI=1S/C23H28F3N3O/c1-29(18-11-7-10-17(14-18)16-8-3-2-4-9-16)21-20(23(24,25)26)15-27-22(28-21)30-19-12-5-6-13-19/h7,10-11,14-16,19H,2-6,8-9,12-13H2,1H3. The van der Waals surface area contributed by atoms with Crippen molar-refractivity contribution in [2.75, 3.05) is 11.9 Å². The number of nitrogens with zero attached hydrogens (tertiary/aromatic N) is 3. The molecule has 0 spiro atoms. The number of aromatic nitrogens is 2. The monoisotopic (exact) mass is 419 g/mol. The number of benzene rings is 1. The molecule has 4 rings (SSSR count). The molecule has 0 N–H and O–H groups in total. The van der Waals surface area contributed by atoms with E-state index in [-0.39, 0.29) is 17.9 Å². The third kappa shape index (κ3) is 4.71. The van der Waals surface area contributed by atoms with Gasteiger partial charge >= 0.3 is 12.2 Å². The molecule has 0 aliphatic heterocycles. The van der Waals surface area contributed by atoms with Crippen LogP contribution in [0.5, 0.6) is 6.01 Å². The number of alkyl halides is 3. The summed E-state index contributed by atoms with van der Waals surface area (Å²) in [6.07, 6.45) is 6.11. The maximum atomic E-state index is 13.7. The van der Waals surface area contributed by atoms with Gasteiger partial charge in [-0.2, -0.15) is 18.2 Å². The first kappa shape index (κ1) is 20.9. The van der Waals surface area contributed by atoms with Crippen LogP contribution in [0.4, 0.5) is 24.7 Å². The van der Waals surface area contributed by atoms with Gasteiger partial charge in [0.15, 0.2) is 5.82 Å². The predicted octanol–water partition coefficient (Wildman–Crippen LogP) is 6.63. The molecule has 0 atom stereocenters. The SMILES string of the molecule is CN(c1cccc(C2CCCCC2)c1)c1nc(OC2CCCC2)ncc1C(F)(F)F. The number of rotatable bonds is 5. The van der Waals surface area contributed by atoms with E-state index >= 15 is 0 Å². The summed E-state index contributed by atoms with van der Waals surface area (Å²) in [5.74, 6) is 0.298. The van der Waals surface area contributed by atoms with E-state index in [9.17, 15) is 13.2 Å². The van der Waals surface area contributed by atoms with E-state index in [1.165, 1.54) is 29.7 Å². The lowest BCUT2D eigenvalue weighted by atomic mass is 9.84. The van der Waals surface area contributed by atoms with Gasteiger partial charge in [-0.25, -0.2) is 4.98 Å². The van der Waals surface area contributed by atoms with E-state index in [0.717, 1.165) is 44.7 Å². The zero-order chi connectivity index (χ0) is 21.1. The molecule has 0 saturated heterocycles. The average Bonchev–Trinajstić information content (AvgIpc) is 3.26. The Morgan fingerprint density at radius 3 is 2.40 bits per heavy atom. The highest BCUT2D eigenvalue weighted by molar-refractivity contribution is 5.63. The highest BCUT2D eigenvalue weighted by atomic mass is 19.4. The Morgan fingerprint density at radius 1 is 1.00 bits per heavy atom. The van der Waals surface area contributed by atoms with E-state index in [2.05, 4.69) is 16.0 Å². The molecule has 0 bridgehead atoms. The first-order valence-electron chi connectivity index (χ1n) is 10.9. The summed E-state index contributed by atoms with van der Waals surface area (Å²) in [6, 6.07) is 7.83. The average molecular weight is 419 g/mol. The Morgan fingerprint density at radius 2 is 1.70 bits per heavy atom. The predicted molar refractivity (Wildman–Crippen MR) is 110 cm³/mol. The molecule has 7 heteroatoms. The highest BCUT2D eigenvalue weighted by Gasteiger charge is 2.37. The third-order valence-electron chi connectivity index (χ3n) is 6.28. The molecule has 1 heterocycles. The Balaban J connectivity index is 1.65. The van der Waals surface area contributed by atoms with Gasteiger partial charge in [-0.1, -0.05) is 31.4 Å². The highest BCUT2D eigenvalue weighted by Crippen LogP contribution is 2.39. The fourth-order valence-electron chi connectivity index (χ4n) is 4.57. The van der Waals surface area contributed by atoms with Gasteiger partial charge in [0.2, 0.25) is 0 Å². The van der Waals surface area contributed by atoms with Crippen LogP contribution in [0.3, 0.4) is 0 Å². The number of hydrogen-bond donors (Lipinski definition) is 0. The van der Waals surface area contributed by atoms with Gasteiger partial charge in [-0.15, -0.1) is 0 Å². The van der Waals surface area contributed by atoms with Gasteiger partial charge in [0.25, 0.3) is 0 Å². The zero-order valence-electron chi connectivity index (χ0n) is 17.3. The number of halogens is 3. The number of anilines is 2. The first-order valence-corrected chi connectivity index (χ1v) is 10.9. The maximum Gasteiger partial charge on any atom is 0.421 e. The summed E-state index contributed by atoms with van der Waals surface area (Å²) in [5.41, 5.74) is 1.02. The van der Waals surface area contributed by atoms with Gasteiger partial charge in [-0.3, -0.25) is 0 Å². The molecule has 2 aliphatic carbocycles. The fourth-order valence-corrected chi connectivity index (χ4v) is 4.57. The van der Waals surface area contributed by atoms with Crippen molar-refractivity contribution in [2.45, 2.75) is 76.0 Å². The van der Waals surface area contributed by atoms with Crippen molar-refractivity contribution < 1.29 is 17.9 Å². The lowest BCUT2D eigenvalue weighted by Crippen LogP contribution is -2.21. The van der Waals surface area contributed by atoms with Crippen LogP contribution in [0.2, 0.25) is 0 Å². The summed E-state index contributed by atoms with van der Waals surface area (Å²) in [7, 11) is 1.62. The minimum absolute atomic E-state index is 0.0141. The zero-order valence-corrected chi connectivity index (χ0v) is 17.3. The van der Waals surface area contributed by atoms with Crippen molar-refractivity contribution >= 4 is 11.5 Å². The van der Waals surface area contributed by atoms with Gasteiger partial charge in [0, 0.05) is 18.9 Å². The Kier molecular flexibility index (Phi) is 6.16. The summed E-state index contributed by atoms with van der Waals surface area (Å²) >= 11 is 0. The molecule has 4 nitrogen and oxygen atoms in total. The van der Waals surface area contributed by atoms with Gasteiger partial charge in [0.05, 0.1) is 0 Å². The Labute approximate surface area is 175 Å². The number of hydrogen-bond acceptors (Lipinski definition) is 4. The van der Waals surface area contributed by atoms with Crippen LogP contribution in [-0.4, -0.2) is 23.1 Å². The van der Waals surface area contributed by atoms with Crippen LogP contribution in [-0.2, 0) is 6.18 Å². The molecule has 2 aromatic rings. The van der Waals surface area contributed by atoms with E-state index in [1.54, 1.807) is 7.05 Å². The van der Waals surface area contributed by atoms with E-state index < -0.39 is 11.7 Å². The van der Waals surface area contributed by atoms with Gasteiger partial charge in [-0.05, 0) is 62.1 Å². The van der Waals surface area contributed by atoms with Gasteiger partial charge in [0.1, 0.15) is 11.7 Å². The van der Waals surface area contributed by atoms with E-state index in [1.807, 2.05) is 18.2 Å². The lowest BCUT2D eigenvalue weighted by molar-refractivity contribution is -0.137. The summed E-state index contributed by atoms with van der Waals surface area (Å²) in [4.78, 5) is 9.55. The molecule has 1 aromatic carbocycles. The second-order valence-corrected chi connectivity index (χ2v) is 8.40. The van der Waals surface area contributed by atoms with Crippen LogP contribution >= 0.6 is 0 Å². The molecule has 2 fully saturated rings. The molecule has 30 heavy (non-hydrogen) atoms. The minimum atomic E-state index is -4.55. The van der Waals surface area contributed by atoms with Crippen molar-refractivity contribution in [2.24, 2.45) is 0 Å². The second-order valence-electron chi connectivity index (χ2n) is 8.40. The molecule has 1 aromatic heterocycles. The molecule has 0 radical (unpaired) electrons. The van der Waals surface area contributed by atoms with Crippen molar-refractivity contribution in [3.05, 3.63) is 41.6 Å². The van der Waals surface area contributed by atoms with Crippen LogP contribution in [0.15, 0.2) is 30.5 Å². The van der Waals surface area contributed by atoms with Crippen LogP contribution < -0.4 is 9.64 Å². The lowest BCUT2D eigenvalue weighted by Gasteiger charge is -2.26. The Bertz CT molecular complexity index is 859. The van der Waals surface area contributed by atoms with Gasteiger partial charge < -0.3 is 9.64 Å². The van der Waals surface area contributed by atoms with Crippen molar-refractivity contribution in [1.82, 2.24) is 9.97 Å². The molecule has 2 aliphatic rings. The topological polar surface area (TPSA) is 38.2 Å². The van der Waals surface area contributed by atoms with Crippen LogP contribution in [0.25, 0.3) is 0 Å². The maximum absolute atomic E-state index is 13.7. The summed E-state index contributed by atoms with van der Waals surface area (Å²) < 4.78 is 46.8. The quantitative estimate of drug-likeness (QED) is 0.545. The summed E-state index contributed by atoms with van der Waals surface area (Å²) in [5, 5.41) is 0. The normalized spacial score (nSPS) is 18.5. The third-order valence-corrected chi connectivity index (χ3v) is 6.28. The van der Waals surface area contributed by atoms with E-state index in [4.69, 9.17) is 4.74 Å². The first-order chi connectivity index (χ1) is 14.4. The van der Waals surface area contributed by atoms with Crippen LogP contribution in [0, 0.1) is 0 Å². The van der Waals surface area contributed by atoms with Crippen molar-refractivity contribution in [3.63, 3.8) is 0 Å². The Hall–Kier alpha value is -2.31. The summed E-state index contributed by atoms with van der Waals surface area (Å²) in [6.45, 7) is 0. The molecular weight excluding hydrogens is 391 g/mol. The van der Waals surface area contributed by atoms with Crippen molar-refractivity contribution in [1.29, 1.82) is 0 Å². The molecule has 162 valence electrons. The smallest absolute Gasteiger partial charge is 0.421 e. The molecule has 0 unspecified atom stereocenters. The second kappa shape index (κ2) is 8.82. The fraction of sp³-hybridized carbons (Fsp3) is 0.565. The molecule has 0 amide bonds. The minimum Gasteiger partial charge on any atom is -0.460 e. The number of ether oxygens (including phenoxy) is 1. The largest absolute Gasteiger partial charge is 0.460 e.